The highest BCUT2D eigenvalue weighted by molar-refractivity contribution is 5.98. The molecule has 0 amide bonds. The predicted octanol–water partition coefficient (Wildman–Crippen LogP) is 3.67. The number of benzene rings is 3. The quantitative estimate of drug-likeness (QED) is 0.236. The molecular weight excluding hydrogens is 584 g/mol. The van der Waals surface area contributed by atoms with Crippen LogP contribution in [0.5, 0.6) is 23.0 Å². The average Bonchev–Trinajstić information content (AvgIpc) is 3.32. The topological polar surface area (TPSA) is 161 Å². The van der Waals surface area contributed by atoms with Crippen LogP contribution in [0.1, 0.15) is 58.8 Å². The predicted molar refractivity (Wildman–Crippen MR) is 157 cm³/mol. The summed E-state index contributed by atoms with van der Waals surface area (Å²) in [4.78, 5) is 26.2. The van der Waals surface area contributed by atoms with Crippen LogP contribution in [0.4, 0.5) is 0 Å². The van der Waals surface area contributed by atoms with Crippen LogP contribution in [0.15, 0.2) is 60.7 Å². The fourth-order valence-corrected chi connectivity index (χ4v) is 6.63. The van der Waals surface area contributed by atoms with Crippen molar-refractivity contribution in [1.29, 1.82) is 0 Å². The number of esters is 1. The van der Waals surface area contributed by atoms with Gasteiger partial charge < -0.3 is 44.1 Å². The molecule has 2 fully saturated rings. The average molecular weight is 617 g/mol. The number of phenolic OH excluding ortho intramolecular Hbond substituents is 2. The maximum absolute atomic E-state index is 13.2. The molecule has 0 aliphatic carbocycles. The Balaban J connectivity index is 1.19. The molecule has 11 nitrogen and oxygen atoms in total. The van der Waals surface area contributed by atoms with Crippen molar-refractivity contribution in [3.8, 4) is 23.0 Å². The molecule has 4 N–H and O–H groups in total. The molecule has 4 aliphatic heterocycles. The number of rotatable bonds is 6. The molecule has 11 heteroatoms. The van der Waals surface area contributed by atoms with Gasteiger partial charge in [-0.3, -0.25) is 4.79 Å². The molecule has 7 rings (SSSR count). The van der Waals surface area contributed by atoms with Gasteiger partial charge in [0.25, 0.3) is 0 Å². The number of carbonyl (C=O) groups is 2. The first-order chi connectivity index (χ1) is 21.7. The number of hydrogen-bond donors (Lipinski definition) is 4. The van der Waals surface area contributed by atoms with Gasteiger partial charge in [-0.1, -0.05) is 31.5 Å². The maximum atomic E-state index is 13.2. The van der Waals surface area contributed by atoms with E-state index in [9.17, 15) is 30.0 Å². The first-order valence-corrected chi connectivity index (χ1v) is 14.9. The van der Waals surface area contributed by atoms with E-state index in [1.807, 2.05) is 6.92 Å². The summed E-state index contributed by atoms with van der Waals surface area (Å²) in [6.07, 6.45) is -1.79. The number of aliphatic hydroxyl groups excluding tert-OH is 2. The summed E-state index contributed by atoms with van der Waals surface area (Å²) in [6, 6.07) is 14.5. The molecule has 1 spiro atoms. The van der Waals surface area contributed by atoms with Gasteiger partial charge in [0.1, 0.15) is 47.4 Å². The molecule has 0 radical (unpaired) electrons. The van der Waals surface area contributed by atoms with E-state index in [1.165, 1.54) is 30.4 Å². The van der Waals surface area contributed by atoms with Crippen molar-refractivity contribution in [3.63, 3.8) is 0 Å². The van der Waals surface area contributed by atoms with Crippen LogP contribution in [0.3, 0.4) is 0 Å². The van der Waals surface area contributed by atoms with Crippen LogP contribution >= 0.6 is 0 Å². The molecule has 4 heterocycles. The fraction of sp³-hybridized carbons (Fsp3) is 0.353. The van der Waals surface area contributed by atoms with Crippen LogP contribution in [-0.2, 0) is 29.3 Å². The largest absolute Gasteiger partial charge is 0.508 e. The lowest BCUT2D eigenvalue weighted by atomic mass is 9.77. The van der Waals surface area contributed by atoms with Crippen molar-refractivity contribution < 1.29 is 53.7 Å². The summed E-state index contributed by atoms with van der Waals surface area (Å²) >= 11 is 0. The number of phenols is 2. The second kappa shape index (κ2) is 11.3. The van der Waals surface area contributed by atoms with Crippen molar-refractivity contribution in [1.82, 2.24) is 0 Å². The van der Waals surface area contributed by atoms with E-state index in [1.54, 1.807) is 36.4 Å². The van der Waals surface area contributed by atoms with E-state index in [-0.39, 0.29) is 41.6 Å². The van der Waals surface area contributed by atoms with Gasteiger partial charge in [0, 0.05) is 29.2 Å². The fourth-order valence-electron chi connectivity index (χ4n) is 6.63. The van der Waals surface area contributed by atoms with E-state index in [0.29, 0.717) is 28.7 Å². The molecule has 4 aliphatic rings. The second-order valence-corrected chi connectivity index (χ2v) is 11.6. The Bertz CT molecular complexity index is 1700. The number of aliphatic hydroxyl groups is 2. The second-order valence-electron chi connectivity index (χ2n) is 11.6. The van der Waals surface area contributed by atoms with Crippen LogP contribution in [0, 0.1) is 0 Å². The lowest BCUT2D eigenvalue weighted by Crippen LogP contribution is -2.62. The Kier molecular flexibility index (Phi) is 7.38. The molecule has 1 unspecified atom stereocenters. The van der Waals surface area contributed by atoms with Gasteiger partial charge >= 0.3 is 5.97 Å². The van der Waals surface area contributed by atoms with Crippen molar-refractivity contribution in [2.75, 3.05) is 6.61 Å². The monoisotopic (exact) mass is 616 g/mol. The smallest absolute Gasteiger partial charge is 0.340 e. The SMILES string of the molecule is CCC[C@@H]1OC[C@H]2O[C@@H](CC(=O)/C=C/c3c(O)ccc4c3Oc3cc(O)ccc3C43OC(=O)c4ccccc43)[C@H](O)[C@@H](O)[C@@H]2O1. The Hall–Kier alpha value is -4.26. The van der Waals surface area contributed by atoms with Crippen molar-refractivity contribution in [2.24, 2.45) is 0 Å². The van der Waals surface area contributed by atoms with E-state index in [4.69, 9.17) is 23.7 Å². The third-order valence-corrected chi connectivity index (χ3v) is 8.78. The Morgan fingerprint density at radius 2 is 1.80 bits per heavy atom. The minimum absolute atomic E-state index is 0.0810. The number of aromatic hydroxyl groups is 2. The summed E-state index contributed by atoms with van der Waals surface area (Å²) < 4.78 is 29.7. The first-order valence-electron chi connectivity index (χ1n) is 14.9. The lowest BCUT2D eigenvalue weighted by Gasteiger charge is -2.46. The standard InChI is InChI=1S/C34H32O11/c1-2-5-28-41-16-27-32(44-28)30(39)29(38)26(42-27)15-17(35)8-10-20-24(37)13-12-23-31(20)43-25-14-18(36)9-11-22(25)34(23)21-7-4-3-6-19(21)33(40)45-34/h3-4,6-14,26-30,32,36-39H,2,5,15-16H2,1H3/b10-8+/t26-,27+,28+,29-,30+,32+,34?/m0/s1. The molecule has 0 bridgehead atoms. The third-order valence-electron chi connectivity index (χ3n) is 8.78. The molecule has 0 saturated carbocycles. The van der Waals surface area contributed by atoms with Crippen molar-refractivity contribution >= 4 is 17.8 Å². The number of ether oxygens (including phenoxy) is 5. The van der Waals surface area contributed by atoms with E-state index < -0.39 is 54.2 Å². The molecule has 3 aromatic rings. The Morgan fingerprint density at radius 3 is 2.62 bits per heavy atom. The third kappa shape index (κ3) is 4.79. The molecule has 3 aromatic carbocycles. The van der Waals surface area contributed by atoms with Gasteiger partial charge in [0.2, 0.25) is 0 Å². The summed E-state index contributed by atoms with van der Waals surface area (Å²) in [7, 11) is 0. The highest BCUT2D eigenvalue weighted by atomic mass is 16.7. The first kappa shape index (κ1) is 29.5. The van der Waals surface area contributed by atoms with Gasteiger partial charge in [-0.05, 0) is 48.9 Å². The molecule has 7 atom stereocenters. The number of carbonyl (C=O) groups excluding carboxylic acids is 2. The Morgan fingerprint density at radius 1 is 1.00 bits per heavy atom. The van der Waals surface area contributed by atoms with Gasteiger partial charge in [-0.2, -0.15) is 0 Å². The van der Waals surface area contributed by atoms with Gasteiger partial charge in [0.05, 0.1) is 23.8 Å². The number of fused-ring (bicyclic) bond motifs is 7. The maximum Gasteiger partial charge on any atom is 0.340 e. The van der Waals surface area contributed by atoms with Crippen molar-refractivity contribution in [2.45, 2.75) is 68.6 Å². The van der Waals surface area contributed by atoms with E-state index in [0.717, 1.165) is 6.42 Å². The van der Waals surface area contributed by atoms with Crippen molar-refractivity contribution in [3.05, 3.63) is 88.5 Å². The highest BCUT2D eigenvalue weighted by Crippen LogP contribution is 2.58. The zero-order valence-electron chi connectivity index (χ0n) is 24.3. The molecular formula is C34H32O11. The number of allylic oxidation sites excluding steroid dienone is 1. The molecule has 2 saturated heterocycles. The summed E-state index contributed by atoms with van der Waals surface area (Å²) in [6.45, 7) is 2.14. The highest BCUT2D eigenvalue weighted by Gasteiger charge is 2.54. The zero-order chi connectivity index (χ0) is 31.5. The lowest BCUT2D eigenvalue weighted by molar-refractivity contribution is -0.325. The number of hydrogen-bond acceptors (Lipinski definition) is 11. The van der Waals surface area contributed by atoms with E-state index in [2.05, 4.69) is 0 Å². The number of ketones is 1. The summed E-state index contributed by atoms with van der Waals surface area (Å²) in [5.74, 6) is -0.944. The zero-order valence-corrected chi connectivity index (χ0v) is 24.3. The normalized spacial score (nSPS) is 29.8. The van der Waals surface area contributed by atoms with E-state index >= 15 is 0 Å². The summed E-state index contributed by atoms with van der Waals surface area (Å²) in [5, 5.41) is 42.7. The minimum atomic E-state index is -1.43. The van der Waals surface area contributed by atoms with Crippen LogP contribution in [0.25, 0.3) is 6.08 Å². The Labute approximate surface area is 258 Å². The van der Waals surface area contributed by atoms with Gasteiger partial charge in [0.15, 0.2) is 17.7 Å². The molecule has 45 heavy (non-hydrogen) atoms. The molecule has 0 aromatic heterocycles. The minimum Gasteiger partial charge on any atom is -0.508 e. The van der Waals surface area contributed by atoms with Gasteiger partial charge in [-0.15, -0.1) is 0 Å². The molecule has 234 valence electrons. The summed E-state index contributed by atoms with van der Waals surface area (Å²) in [5.41, 5.74) is 0.547. The van der Waals surface area contributed by atoms with Gasteiger partial charge in [-0.25, -0.2) is 4.79 Å². The van der Waals surface area contributed by atoms with Crippen LogP contribution < -0.4 is 4.74 Å². The van der Waals surface area contributed by atoms with Crippen LogP contribution in [0.2, 0.25) is 0 Å². The van der Waals surface area contributed by atoms with Crippen LogP contribution in [-0.4, -0.2) is 75.6 Å².